The van der Waals surface area contributed by atoms with Gasteiger partial charge in [-0.15, -0.1) is 11.3 Å². The highest BCUT2D eigenvalue weighted by Gasteiger charge is 2.22. The summed E-state index contributed by atoms with van der Waals surface area (Å²) in [4.78, 5) is 14.8. The molecule has 2 aromatic heterocycles. The highest BCUT2D eigenvalue weighted by molar-refractivity contribution is 7.11. The first-order chi connectivity index (χ1) is 8.28. The van der Waals surface area contributed by atoms with Gasteiger partial charge in [-0.1, -0.05) is 0 Å². The highest BCUT2D eigenvalue weighted by atomic mass is 35.5. The monoisotopic (exact) mass is 268 g/mol. The summed E-state index contributed by atoms with van der Waals surface area (Å²) in [5.41, 5.74) is 3.72. The van der Waals surface area contributed by atoms with Crippen LogP contribution in [0.2, 0.25) is 0 Å². The third-order valence-corrected chi connectivity index (χ3v) is 3.81. The first kappa shape index (κ1) is 10.9. The Bertz CT molecular complexity index is 564. The van der Waals surface area contributed by atoms with Gasteiger partial charge in [-0.3, -0.25) is 9.89 Å². The number of aldehydes is 1. The van der Waals surface area contributed by atoms with Gasteiger partial charge in [0.25, 0.3) is 0 Å². The Kier molecular flexibility index (Phi) is 2.70. The molecule has 3 rings (SSSR count). The van der Waals surface area contributed by atoms with Crippen LogP contribution in [0.15, 0.2) is 5.38 Å². The summed E-state index contributed by atoms with van der Waals surface area (Å²) < 4.78 is 1.73. The van der Waals surface area contributed by atoms with Gasteiger partial charge >= 0.3 is 0 Å². The number of nitrogens with zero attached hydrogens (tertiary/aromatic N) is 3. The van der Waals surface area contributed by atoms with E-state index >= 15 is 0 Å². The lowest BCUT2D eigenvalue weighted by molar-refractivity contribution is 0.112. The number of rotatable bonds is 2. The second kappa shape index (κ2) is 4.21. The highest BCUT2D eigenvalue weighted by Crippen LogP contribution is 2.29. The van der Waals surface area contributed by atoms with Crippen molar-refractivity contribution in [1.82, 2.24) is 19.6 Å². The van der Waals surface area contributed by atoms with Crippen molar-refractivity contribution >= 4 is 29.4 Å². The maximum atomic E-state index is 10.6. The number of nitrogens with one attached hydrogen (secondary N) is 1. The normalized spacial score (nSPS) is 15.8. The first-order valence-electron chi connectivity index (χ1n) is 5.16. The Hall–Kier alpha value is -1.24. The summed E-state index contributed by atoms with van der Waals surface area (Å²) in [5, 5.41) is 9.59. The number of aromatic nitrogens is 3. The summed E-state index contributed by atoms with van der Waals surface area (Å²) >= 11 is 7.33. The van der Waals surface area contributed by atoms with Crippen molar-refractivity contribution < 1.29 is 4.79 Å². The van der Waals surface area contributed by atoms with Crippen LogP contribution in [0.4, 0.5) is 0 Å². The molecule has 88 valence electrons. The predicted molar refractivity (Wildman–Crippen MR) is 65.1 cm³/mol. The average Bonchev–Trinajstić information content (AvgIpc) is 2.93. The van der Waals surface area contributed by atoms with E-state index in [0.717, 1.165) is 41.9 Å². The van der Waals surface area contributed by atoms with E-state index in [4.69, 9.17) is 11.8 Å². The largest absolute Gasteiger partial charge is 0.295 e. The minimum Gasteiger partial charge on any atom is -0.295 e. The van der Waals surface area contributed by atoms with Crippen LogP contribution < -0.4 is 0 Å². The molecule has 0 atom stereocenters. The SMILES string of the molecule is O=Cc1nc(-c2n[nH]c3c2CN(Cl)CC3)cs1. The number of halogens is 1. The maximum Gasteiger partial charge on any atom is 0.178 e. The van der Waals surface area contributed by atoms with Gasteiger partial charge in [0.2, 0.25) is 0 Å². The van der Waals surface area contributed by atoms with E-state index in [1.165, 1.54) is 11.3 Å². The number of fused-ring (bicyclic) bond motifs is 1. The molecular weight excluding hydrogens is 260 g/mol. The zero-order valence-corrected chi connectivity index (χ0v) is 10.4. The van der Waals surface area contributed by atoms with E-state index in [2.05, 4.69) is 15.2 Å². The molecule has 1 aliphatic heterocycles. The Balaban J connectivity index is 2.03. The van der Waals surface area contributed by atoms with Crippen LogP contribution >= 0.6 is 23.1 Å². The van der Waals surface area contributed by atoms with Gasteiger partial charge < -0.3 is 0 Å². The molecule has 0 saturated heterocycles. The second-order valence-corrected chi connectivity index (χ2v) is 5.18. The molecule has 0 spiro atoms. The first-order valence-corrected chi connectivity index (χ1v) is 6.37. The lowest BCUT2D eigenvalue weighted by Gasteiger charge is -2.19. The second-order valence-electron chi connectivity index (χ2n) is 3.81. The molecule has 0 aromatic carbocycles. The minimum atomic E-state index is 0.468. The fourth-order valence-electron chi connectivity index (χ4n) is 1.92. The van der Waals surface area contributed by atoms with E-state index in [9.17, 15) is 4.79 Å². The molecule has 0 amide bonds. The Morgan fingerprint density at radius 2 is 2.47 bits per heavy atom. The van der Waals surface area contributed by atoms with Crippen molar-refractivity contribution in [3.8, 4) is 11.4 Å². The van der Waals surface area contributed by atoms with Gasteiger partial charge in [-0.25, -0.2) is 9.40 Å². The molecule has 3 heterocycles. The summed E-state index contributed by atoms with van der Waals surface area (Å²) in [6.07, 6.45) is 1.61. The van der Waals surface area contributed by atoms with Crippen LogP contribution in [-0.4, -0.2) is 32.4 Å². The number of H-pyrrole nitrogens is 1. The topological polar surface area (TPSA) is 61.9 Å². The van der Waals surface area contributed by atoms with E-state index in [0.29, 0.717) is 11.6 Å². The molecule has 0 unspecified atom stereocenters. The van der Waals surface area contributed by atoms with Crippen LogP contribution in [0.25, 0.3) is 11.4 Å². The van der Waals surface area contributed by atoms with Gasteiger partial charge in [0.15, 0.2) is 11.3 Å². The van der Waals surface area contributed by atoms with Crippen molar-refractivity contribution in [3.63, 3.8) is 0 Å². The molecule has 2 aromatic rings. The van der Waals surface area contributed by atoms with Crippen LogP contribution in [0, 0.1) is 0 Å². The van der Waals surface area contributed by atoms with E-state index in [-0.39, 0.29) is 0 Å². The van der Waals surface area contributed by atoms with Crippen molar-refractivity contribution in [2.24, 2.45) is 0 Å². The van der Waals surface area contributed by atoms with Gasteiger partial charge in [-0.2, -0.15) is 5.10 Å². The quantitative estimate of drug-likeness (QED) is 0.667. The number of aromatic amines is 1. The number of carbonyl (C=O) groups excluding carboxylic acids is 1. The van der Waals surface area contributed by atoms with E-state index in [1.54, 1.807) is 4.42 Å². The Labute approximate surface area is 107 Å². The van der Waals surface area contributed by atoms with Crippen molar-refractivity contribution in [1.29, 1.82) is 0 Å². The summed E-state index contributed by atoms with van der Waals surface area (Å²) in [6.45, 7) is 1.46. The lowest BCUT2D eigenvalue weighted by Crippen LogP contribution is -2.21. The number of hydrogen-bond donors (Lipinski definition) is 1. The van der Waals surface area contributed by atoms with Gasteiger partial charge in [-0.05, 0) is 11.8 Å². The van der Waals surface area contributed by atoms with Gasteiger partial charge in [0.1, 0.15) is 11.4 Å². The van der Waals surface area contributed by atoms with E-state index in [1.807, 2.05) is 5.38 Å². The van der Waals surface area contributed by atoms with Gasteiger partial charge in [0.05, 0.1) is 0 Å². The molecule has 0 aliphatic carbocycles. The average molecular weight is 269 g/mol. The van der Waals surface area contributed by atoms with Crippen LogP contribution in [0.1, 0.15) is 21.1 Å². The maximum absolute atomic E-state index is 10.6. The predicted octanol–water partition coefficient (Wildman–Crippen LogP) is 1.86. The fraction of sp³-hybridized carbons (Fsp3) is 0.300. The standard InChI is InChI=1S/C10H9ClN4OS/c11-15-2-1-7-6(3-15)10(14-13-7)8-5-17-9(4-16)12-8/h4-5H,1-3H2,(H,13,14). The zero-order chi connectivity index (χ0) is 11.8. The van der Waals surface area contributed by atoms with Crippen molar-refractivity contribution in [2.45, 2.75) is 13.0 Å². The molecule has 5 nitrogen and oxygen atoms in total. The van der Waals surface area contributed by atoms with Gasteiger partial charge in [0, 0.05) is 36.1 Å². The van der Waals surface area contributed by atoms with Crippen molar-refractivity contribution in [3.05, 3.63) is 21.6 Å². The molecule has 17 heavy (non-hydrogen) atoms. The Morgan fingerprint density at radius 3 is 3.24 bits per heavy atom. The summed E-state index contributed by atoms with van der Waals surface area (Å²) in [5.74, 6) is 0. The van der Waals surface area contributed by atoms with Crippen molar-refractivity contribution in [2.75, 3.05) is 6.54 Å². The van der Waals surface area contributed by atoms with Crippen LogP contribution in [0.3, 0.4) is 0 Å². The summed E-state index contributed by atoms with van der Waals surface area (Å²) in [7, 11) is 0. The molecule has 0 bridgehead atoms. The van der Waals surface area contributed by atoms with E-state index < -0.39 is 0 Å². The zero-order valence-electron chi connectivity index (χ0n) is 8.81. The molecule has 0 radical (unpaired) electrons. The fourth-order valence-corrected chi connectivity index (χ4v) is 2.73. The number of hydrogen-bond acceptors (Lipinski definition) is 5. The third-order valence-electron chi connectivity index (χ3n) is 2.75. The minimum absolute atomic E-state index is 0.468. The molecule has 1 N–H and O–H groups in total. The summed E-state index contributed by atoms with van der Waals surface area (Å²) in [6, 6.07) is 0. The number of thiazole rings is 1. The van der Waals surface area contributed by atoms with Crippen LogP contribution in [0.5, 0.6) is 0 Å². The number of carbonyl (C=O) groups is 1. The molecule has 1 aliphatic rings. The molecular formula is C10H9ClN4OS. The Morgan fingerprint density at radius 1 is 1.59 bits per heavy atom. The molecule has 0 fully saturated rings. The molecule has 7 heteroatoms. The molecule has 0 saturated carbocycles. The smallest absolute Gasteiger partial charge is 0.178 e. The van der Waals surface area contributed by atoms with Crippen LogP contribution in [-0.2, 0) is 13.0 Å². The third kappa shape index (κ3) is 1.88. The lowest BCUT2D eigenvalue weighted by atomic mass is 10.1.